The average Bonchev–Trinajstić information content (AvgIpc) is 3.08. The van der Waals surface area contributed by atoms with Crippen LogP contribution in [-0.2, 0) is 11.3 Å². The standard InChI is InChI=1S/C15H26N4O3/c1-5-12(15(20)21)19-7-6-11(8-19)18(4)9-13-16-14(10(2)3)22-17-13/h10-12H,5-9H2,1-4H3,(H,20,21). The van der Waals surface area contributed by atoms with Gasteiger partial charge >= 0.3 is 5.97 Å². The van der Waals surface area contributed by atoms with Crippen molar-refractivity contribution in [2.75, 3.05) is 20.1 Å². The molecule has 1 saturated heterocycles. The van der Waals surface area contributed by atoms with Crippen molar-refractivity contribution in [3.05, 3.63) is 11.7 Å². The number of aromatic nitrogens is 2. The number of likely N-dealkylation sites (tertiary alicyclic amines) is 1. The maximum Gasteiger partial charge on any atom is 0.320 e. The highest BCUT2D eigenvalue weighted by Gasteiger charge is 2.33. The number of likely N-dealkylation sites (N-methyl/N-ethyl adjacent to an activating group) is 1. The van der Waals surface area contributed by atoms with Crippen LogP contribution < -0.4 is 0 Å². The van der Waals surface area contributed by atoms with Crippen LogP contribution in [0.4, 0.5) is 0 Å². The summed E-state index contributed by atoms with van der Waals surface area (Å²) in [6.07, 6.45) is 1.60. The molecule has 0 aromatic carbocycles. The zero-order valence-electron chi connectivity index (χ0n) is 13.8. The maximum atomic E-state index is 11.3. The summed E-state index contributed by atoms with van der Waals surface area (Å²) < 4.78 is 5.22. The summed E-state index contributed by atoms with van der Waals surface area (Å²) in [5.74, 6) is 0.850. The third-order valence-electron chi connectivity index (χ3n) is 4.30. The van der Waals surface area contributed by atoms with Crippen molar-refractivity contribution < 1.29 is 14.4 Å². The Morgan fingerprint density at radius 3 is 2.82 bits per heavy atom. The van der Waals surface area contributed by atoms with Crippen LogP contribution in [-0.4, -0.2) is 63.2 Å². The Morgan fingerprint density at radius 2 is 2.27 bits per heavy atom. The van der Waals surface area contributed by atoms with Crippen molar-refractivity contribution in [2.24, 2.45) is 0 Å². The molecular formula is C15H26N4O3. The molecule has 0 saturated carbocycles. The van der Waals surface area contributed by atoms with E-state index in [4.69, 9.17) is 4.52 Å². The number of carboxylic acids is 1. The lowest BCUT2D eigenvalue weighted by Crippen LogP contribution is -2.41. The van der Waals surface area contributed by atoms with Crippen molar-refractivity contribution in [1.29, 1.82) is 0 Å². The van der Waals surface area contributed by atoms with Gasteiger partial charge in [0.1, 0.15) is 6.04 Å². The first-order valence-corrected chi connectivity index (χ1v) is 7.92. The molecule has 2 heterocycles. The normalized spacial score (nSPS) is 20.9. The molecule has 2 atom stereocenters. The number of rotatable bonds is 7. The van der Waals surface area contributed by atoms with E-state index in [0.29, 0.717) is 30.7 Å². The molecule has 1 aliphatic rings. The van der Waals surface area contributed by atoms with E-state index in [1.165, 1.54) is 0 Å². The van der Waals surface area contributed by atoms with Gasteiger partial charge in [0.25, 0.3) is 0 Å². The fourth-order valence-electron chi connectivity index (χ4n) is 2.92. The van der Waals surface area contributed by atoms with Gasteiger partial charge in [0.15, 0.2) is 5.82 Å². The van der Waals surface area contributed by atoms with Gasteiger partial charge in [0.2, 0.25) is 5.89 Å². The van der Waals surface area contributed by atoms with E-state index in [9.17, 15) is 9.90 Å². The molecule has 0 spiro atoms. The predicted molar refractivity (Wildman–Crippen MR) is 81.5 cm³/mol. The summed E-state index contributed by atoms with van der Waals surface area (Å²) in [5.41, 5.74) is 0. The minimum Gasteiger partial charge on any atom is -0.480 e. The Bertz CT molecular complexity index is 503. The van der Waals surface area contributed by atoms with Gasteiger partial charge in [-0.25, -0.2) is 0 Å². The zero-order chi connectivity index (χ0) is 16.3. The Hall–Kier alpha value is -1.47. The predicted octanol–water partition coefficient (Wildman–Crippen LogP) is 1.56. The van der Waals surface area contributed by atoms with Gasteiger partial charge in [-0.15, -0.1) is 0 Å². The van der Waals surface area contributed by atoms with E-state index < -0.39 is 5.97 Å². The fraction of sp³-hybridized carbons (Fsp3) is 0.800. The Labute approximate surface area is 131 Å². The monoisotopic (exact) mass is 310 g/mol. The van der Waals surface area contributed by atoms with Crippen molar-refractivity contribution >= 4 is 5.97 Å². The topological polar surface area (TPSA) is 82.7 Å². The van der Waals surface area contributed by atoms with Crippen LogP contribution in [0.3, 0.4) is 0 Å². The van der Waals surface area contributed by atoms with Gasteiger partial charge in [-0.3, -0.25) is 14.6 Å². The van der Waals surface area contributed by atoms with Gasteiger partial charge in [-0.05, 0) is 19.9 Å². The van der Waals surface area contributed by atoms with Crippen molar-refractivity contribution in [1.82, 2.24) is 19.9 Å². The van der Waals surface area contributed by atoms with Gasteiger partial charge in [-0.1, -0.05) is 25.9 Å². The molecule has 0 amide bonds. The van der Waals surface area contributed by atoms with E-state index in [2.05, 4.69) is 19.9 Å². The highest BCUT2D eigenvalue weighted by Crippen LogP contribution is 2.20. The van der Waals surface area contributed by atoms with Crippen LogP contribution in [0.1, 0.15) is 51.2 Å². The molecule has 1 aromatic heterocycles. The Kier molecular flexibility index (Phi) is 5.52. The van der Waals surface area contributed by atoms with Crippen LogP contribution >= 0.6 is 0 Å². The summed E-state index contributed by atoms with van der Waals surface area (Å²) in [6, 6.07) is -0.0504. The highest BCUT2D eigenvalue weighted by atomic mass is 16.5. The zero-order valence-corrected chi connectivity index (χ0v) is 13.8. The molecule has 2 rings (SSSR count). The third kappa shape index (κ3) is 3.84. The second-order valence-corrected chi connectivity index (χ2v) is 6.32. The van der Waals surface area contributed by atoms with Gasteiger partial charge in [0.05, 0.1) is 6.54 Å². The molecule has 22 heavy (non-hydrogen) atoms. The van der Waals surface area contributed by atoms with E-state index in [1.54, 1.807) is 0 Å². The second kappa shape index (κ2) is 7.19. The number of nitrogens with zero attached hydrogens (tertiary/aromatic N) is 4. The summed E-state index contributed by atoms with van der Waals surface area (Å²) in [6.45, 7) is 8.18. The van der Waals surface area contributed by atoms with E-state index in [1.807, 2.05) is 27.8 Å². The Morgan fingerprint density at radius 1 is 1.55 bits per heavy atom. The largest absolute Gasteiger partial charge is 0.480 e. The van der Waals surface area contributed by atoms with Crippen LogP contribution in [0, 0.1) is 0 Å². The fourth-order valence-corrected chi connectivity index (χ4v) is 2.92. The smallest absolute Gasteiger partial charge is 0.320 e. The summed E-state index contributed by atoms with van der Waals surface area (Å²) in [5, 5.41) is 13.3. The summed E-state index contributed by atoms with van der Waals surface area (Å²) >= 11 is 0. The second-order valence-electron chi connectivity index (χ2n) is 6.32. The quantitative estimate of drug-likeness (QED) is 0.818. The van der Waals surface area contributed by atoms with Crippen LogP contribution in [0.25, 0.3) is 0 Å². The first kappa shape index (κ1) is 16.9. The molecule has 0 bridgehead atoms. The minimum atomic E-state index is -0.731. The lowest BCUT2D eigenvalue weighted by Gasteiger charge is -2.26. The molecule has 0 aliphatic carbocycles. The molecule has 1 fully saturated rings. The number of hydrogen-bond acceptors (Lipinski definition) is 6. The number of carbonyl (C=O) groups is 1. The first-order valence-electron chi connectivity index (χ1n) is 7.92. The molecule has 7 heteroatoms. The number of carboxylic acid groups (broad SMARTS) is 1. The molecule has 7 nitrogen and oxygen atoms in total. The van der Waals surface area contributed by atoms with E-state index >= 15 is 0 Å². The Balaban J connectivity index is 1.91. The van der Waals surface area contributed by atoms with Crippen molar-refractivity contribution in [3.8, 4) is 0 Å². The van der Waals surface area contributed by atoms with Gasteiger partial charge < -0.3 is 9.63 Å². The molecule has 0 radical (unpaired) electrons. The third-order valence-corrected chi connectivity index (χ3v) is 4.30. The molecular weight excluding hydrogens is 284 g/mol. The first-order chi connectivity index (χ1) is 10.4. The molecule has 1 aliphatic heterocycles. The van der Waals surface area contributed by atoms with Crippen molar-refractivity contribution in [2.45, 2.75) is 58.2 Å². The lowest BCUT2D eigenvalue weighted by atomic mass is 10.2. The molecule has 2 unspecified atom stereocenters. The lowest BCUT2D eigenvalue weighted by molar-refractivity contribution is -0.143. The van der Waals surface area contributed by atoms with Crippen LogP contribution in [0.2, 0.25) is 0 Å². The SMILES string of the molecule is CCC(C(=O)O)N1CCC(N(C)Cc2noc(C(C)C)n2)C1. The molecule has 1 aromatic rings. The number of aliphatic carboxylic acids is 1. The summed E-state index contributed by atoms with van der Waals surface area (Å²) in [4.78, 5) is 19.9. The van der Waals surface area contributed by atoms with Gasteiger partial charge in [-0.2, -0.15) is 4.98 Å². The van der Waals surface area contributed by atoms with E-state index in [0.717, 1.165) is 19.5 Å². The highest BCUT2D eigenvalue weighted by molar-refractivity contribution is 5.73. The van der Waals surface area contributed by atoms with Gasteiger partial charge in [0, 0.05) is 25.0 Å². The molecule has 124 valence electrons. The molecule has 1 N–H and O–H groups in total. The van der Waals surface area contributed by atoms with Crippen LogP contribution in [0.5, 0.6) is 0 Å². The van der Waals surface area contributed by atoms with Crippen molar-refractivity contribution in [3.63, 3.8) is 0 Å². The average molecular weight is 310 g/mol. The number of hydrogen-bond donors (Lipinski definition) is 1. The van der Waals surface area contributed by atoms with E-state index in [-0.39, 0.29) is 12.0 Å². The summed E-state index contributed by atoms with van der Waals surface area (Å²) in [7, 11) is 2.03. The minimum absolute atomic E-state index is 0.231. The maximum absolute atomic E-state index is 11.3. The van der Waals surface area contributed by atoms with Crippen LogP contribution in [0.15, 0.2) is 4.52 Å².